The molecule has 1 saturated heterocycles. The topological polar surface area (TPSA) is 73.2 Å². The number of carbonyl (C=O) groups is 2. The number of carbonyl (C=O) groups excluding carboxylic acids is 2. The van der Waals surface area contributed by atoms with Crippen molar-refractivity contribution in [1.82, 2.24) is 5.32 Å². The number of piperidine rings is 1. The van der Waals surface area contributed by atoms with E-state index < -0.39 is 0 Å². The van der Waals surface area contributed by atoms with E-state index in [2.05, 4.69) is 11.4 Å². The summed E-state index contributed by atoms with van der Waals surface area (Å²) in [7, 11) is 1.69. The smallest absolute Gasteiger partial charge is 0.231 e. The van der Waals surface area contributed by atoms with Crippen molar-refractivity contribution in [2.45, 2.75) is 12.8 Å². The van der Waals surface area contributed by atoms with Crippen LogP contribution in [0.3, 0.4) is 0 Å². The summed E-state index contributed by atoms with van der Waals surface area (Å²) in [4.78, 5) is 24.9. The molecule has 5 heteroatoms. The Morgan fingerprint density at radius 1 is 1.53 bits per heavy atom. The Bertz CT molecular complexity index is 538. The van der Waals surface area contributed by atoms with Crippen LogP contribution in [0.25, 0.3) is 0 Å². The molecule has 0 aliphatic carbocycles. The number of rotatable bonds is 2. The number of nitrogens with one attached hydrogen (secondary N) is 1. The fraction of sp³-hybridized carbons (Fsp3) is 0.357. The van der Waals surface area contributed by atoms with Gasteiger partial charge < -0.3 is 10.2 Å². The Morgan fingerprint density at radius 2 is 2.32 bits per heavy atom. The number of anilines is 1. The van der Waals surface area contributed by atoms with Crippen molar-refractivity contribution < 1.29 is 9.59 Å². The fourth-order valence-electron chi connectivity index (χ4n) is 2.13. The molecule has 0 aromatic heterocycles. The first-order chi connectivity index (χ1) is 9.11. The predicted octanol–water partition coefficient (Wildman–Crippen LogP) is 1.05. The molecule has 0 spiro atoms. The molecule has 0 radical (unpaired) electrons. The summed E-state index contributed by atoms with van der Waals surface area (Å²) in [5.41, 5.74) is 1.22. The molecule has 2 amide bonds. The Hall–Kier alpha value is -2.35. The third kappa shape index (κ3) is 2.91. The van der Waals surface area contributed by atoms with Gasteiger partial charge in [-0.05, 0) is 24.6 Å². The van der Waals surface area contributed by atoms with E-state index in [9.17, 15) is 9.59 Å². The van der Waals surface area contributed by atoms with E-state index in [0.29, 0.717) is 30.6 Å². The summed E-state index contributed by atoms with van der Waals surface area (Å²) < 4.78 is 0. The van der Waals surface area contributed by atoms with Crippen molar-refractivity contribution in [2.24, 2.45) is 5.92 Å². The van der Waals surface area contributed by atoms with Crippen molar-refractivity contribution in [1.29, 1.82) is 5.26 Å². The van der Waals surface area contributed by atoms with Crippen LogP contribution in [0, 0.1) is 17.2 Å². The third-order valence-corrected chi connectivity index (χ3v) is 3.31. The zero-order valence-electron chi connectivity index (χ0n) is 10.7. The second kappa shape index (κ2) is 5.53. The van der Waals surface area contributed by atoms with Gasteiger partial charge in [0.05, 0.1) is 17.6 Å². The highest BCUT2D eigenvalue weighted by Gasteiger charge is 2.27. The monoisotopic (exact) mass is 257 g/mol. The molecule has 19 heavy (non-hydrogen) atoms. The number of nitriles is 1. The van der Waals surface area contributed by atoms with Crippen LogP contribution in [-0.2, 0) is 9.59 Å². The molecule has 1 aliphatic heterocycles. The lowest BCUT2D eigenvalue weighted by molar-refractivity contribution is -0.127. The van der Waals surface area contributed by atoms with Gasteiger partial charge in [-0.3, -0.25) is 9.59 Å². The Balaban J connectivity index is 2.10. The van der Waals surface area contributed by atoms with E-state index in [1.54, 1.807) is 36.2 Å². The number of hydrogen-bond donors (Lipinski definition) is 1. The maximum absolute atomic E-state index is 12.3. The number of hydrogen-bond acceptors (Lipinski definition) is 3. The molecular weight excluding hydrogens is 242 g/mol. The lowest BCUT2D eigenvalue weighted by atomic mass is 9.97. The van der Waals surface area contributed by atoms with Crippen molar-refractivity contribution >= 4 is 17.5 Å². The predicted molar refractivity (Wildman–Crippen MR) is 70.3 cm³/mol. The maximum Gasteiger partial charge on any atom is 0.231 e. The van der Waals surface area contributed by atoms with Crippen molar-refractivity contribution in [2.75, 3.05) is 18.5 Å². The highest BCUT2D eigenvalue weighted by molar-refractivity contribution is 5.95. The number of nitrogens with zero attached hydrogens (tertiary/aromatic N) is 2. The molecule has 1 atom stereocenters. The van der Waals surface area contributed by atoms with Crippen LogP contribution in [0.5, 0.6) is 0 Å². The highest BCUT2D eigenvalue weighted by atomic mass is 16.2. The number of benzene rings is 1. The molecule has 1 fully saturated rings. The minimum absolute atomic E-state index is 0.00168. The van der Waals surface area contributed by atoms with E-state index in [1.165, 1.54) is 0 Å². The molecular formula is C14H15N3O2. The summed E-state index contributed by atoms with van der Waals surface area (Å²) in [6.45, 7) is 0.389. The first kappa shape index (κ1) is 13.1. The lowest BCUT2D eigenvalue weighted by Gasteiger charge is -2.26. The summed E-state index contributed by atoms with van der Waals surface area (Å²) >= 11 is 0. The van der Waals surface area contributed by atoms with Crippen LogP contribution in [0.15, 0.2) is 24.3 Å². The van der Waals surface area contributed by atoms with Gasteiger partial charge in [-0.1, -0.05) is 6.07 Å². The van der Waals surface area contributed by atoms with E-state index in [0.717, 1.165) is 0 Å². The molecule has 1 heterocycles. The average Bonchev–Trinajstić information content (AvgIpc) is 2.46. The van der Waals surface area contributed by atoms with Gasteiger partial charge in [0.15, 0.2) is 0 Å². The van der Waals surface area contributed by atoms with E-state index in [1.807, 2.05) is 0 Å². The minimum Gasteiger partial charge on any atom is -0.355 e. The van der Waals surface area contributed by atoms with Gasteiger partial charge >= 0.3 is 0 Å². The first-order valence-corrected chi connectivity index (χ1v) is 6.16. The molecule has 0 saturated carbocycles. The molecule has 1 aromatic rings. The zero-order valence-corrected chi connectivity index (χ0v) is 10.7. The highest BCUT2D eigenvalue weighted by Crippen LogP contribution is 2.20. The van der Waals surface area contributed by atoms with Crippen LogP contribution in [-0.4, -0.2) is 25.4 Å². The van der Waals surface area contributed by atoms with Crippen LogP contribution in [0.2, 0.25) is 0 Å². The Kier molecular flexibility index (Phi) is 3.81. The van der Waals surface area contributed by atoms with Gasteiger partial charge in [0.25, 0.3) is 0 Å². The number of amides is 2. The van der Waals surface area contributed by atoms with Crippen LogP contribution in [0.1, 0.15) is 18.4 Å². The van der Waals surface area contributed by atoms with Gasteiger partial charge in [0, 0.05) is 25.7 Å². The van der Waals surface area contributed by atoms with Gasteiger partial charge in [-0.2, -0.15) is 5.26 Å². The largest absolute Gasteiger partial charge is 0.355 e. The minimum atomic E-state index is -0.187. The van der Waals surface area contributed by atoms with Crippen molar-refractivity contribution in [3.8, 4) is 6.07 Å². The second-order valence-electron chi connectivity index (χ2n) is 4.60. The van der Waals surface area contributed by atoms with E-state index >= 15 is 0 Å². The van der Waals surface area contributed by atoms with Crippen LogP contribution >= 0.6 is 0 Å². The fourth-order valence-corrected chi connectivity index (χ4v) is 2.13. The quantitative estimate of drug-likeness (QED) is 0.860. The van der Waals surface area contributed by atoms with E-state index in [-0.39, 0.29) is 17.7 Å². The molecule has 2 rings (SSSR count). The lowest BCUT2D eigenvalue weighted by Crippen LogP contribution is -2.43. The second-order valence-corrected chi connectivity index (χ2v) is 4.60. The van der Waals surface area contributed by atoms with Gasteiger partial charge in [0.1, 0.15) is 0 Å². The molecule has 0 bridgehead atoms. The molecule has 1 aromatic carbocycles. The van der Waals surface area contributed by atoms with Gasteiger partial charge in [0.2, 0.25) is 11.8 Å². The first-order valence-electron chi connectivity index (χ1n) is 6.16. The normalized spacial score (nSPS) is 18.3. The summed E-state index contributed by atoms with van der Waals surface area (Å²) in [5, 5.41) is 11.6. The van der Waals surface area contributed by atoms with Gasteiger partial charge in [-0.15, -0.1) is 0 Å². The summed E-state index contributed by atoms with van der Waals surface area (Å²) in [5.74, 6) is -0.221. The average molecular weight is 257 g/mol. The molecule has 1 unspecified atom stereocenters. The Morgan fingerprint density at radius 3 is 2.95 bits per heavy atom. The van der Waals surface area contributed by atoms with Crippen molar-refractivity contribution in [3.05, 3.63) is 29.8 Å². The third-order valence-electron chi connectivity index (χ3n) is 3.31. The molecule has 1 N–H and O–H groups in total. The SMILES string of the molecule is CN(C(=O)C1CCC(=O)NC1)c1cccc(C#N)c1. The summed E-state index contributed by atoms with van der Waals surface area (Å²) in [6.07, 6.45) is 0.968. The van der Waals surface area contributed by atoms with E-state index in [4.69, 9.17) is 5.26 Å². The Labute approximate surface area is 111 Å². The van der Waals surface area contributed by atoms with Crippen LogP contribution in [0.4, 0.5) is 5.69 Å². The maximum atomic E-state index is 12.3. The van der Waals surface area contributed by atoms with Crippen molar-refractivity contribution in [3.63, 3.8) is 0 Å². The van der Waals surface area contributed by atoms with Gasteiger partial charge in [-0.25, -0.2) is 0 Å². The molecule has 98 valence electrons. The van der Waals surface area contributed by atoms with Crippen LogP contribution < -0.4 is 10.2 Å². The standard InChI is InChI=1S/C14H15N3O2/c1-17(12-4-2-3-10(7-12)8-15)14(19)11-5-6-13(18)16-9-11/h2-4,7,11H,5-6,9H2,1H3,(H,16,18). The summed E-state index contributed by atoms with van der Waals surface area (Å²) in [6, 6.07) is 8.97. The zero-order chi connectivity index (χ0) is 13.8. The molecule has 1 aliphatic rings. The molecule has 5 nitrogen and oxygen atoms in total.